The Balaban J connectivity index is 1.83. The number of hydrogen-bond acceptors (Lipinski definition) is 7. The number of fused-ring (bicyclic) bond motifs is 3. The van der Waals surface area contributed by atoms with Crippen molar-refractivity contribution in [3.8, 4) is 0 Å². The lowest BCUT2D eigenvalue weighted by Crippen LogP contribution is -2.63. The Hall–Kier alpha value is -1.54. The van der Waals surface area contributed by atoms with Crippen molar-refractivity contribution in [2.75, 3.05) is 6.61 Å². The molecule has 2 bridgehead atoms. The molecule has 0 amide bonds. The van der Waals surface area contributed by atoms with E-state index in [0.717, 1.165) is 0 Å². The van der Waals surface area contributed by atoms with Crippen molar-refractivity contribution in [2.24, 2.45) is 22.7 Å². The molecule has 30 heavy (non-hydrogen) atoms. The second-order valence-corrected chi connectivity index (χ2v) is 10.2. The van der Waals surface area contributed by atoms with Crippen molar-refractivity contribution in [2.45, 2.75) is 76.8 Å². The van der Waals surface area contributed by atoms with Crippen LogP contribution in [-0.4, -0.2) is 62.2 Å². The van der Waals surface area contributed by atoms with E-state index in [0.29, 0.717) is 12.0 Å². The minimum absolute atomic E-state index is 0.122. The fourth-order valence-electron chi connectivity index (χ4n) is 6.51. The molecule has 2 saturated carbocycles. The summed E-state index contributed by atoms with van der Waals surface area (Å²) >= 11 is 0. The first-order chi connectivity index (χ1) is 13.9. The average Bonchev–Trinajstić information content (AvgIpc) is 3.09. The summed E-state index contributed by atoms with van der Waals surface area (Å²) < 4.78 is 5.29. The molecule has 2 fully saturated rings. The van der Waals surface area contributed by atoms with E-state index in [1.165, 1.54) is 0 Å². The lowest BCUT2D eigenvalue weighted by Gasteiger charge is -2.45. The molecule has 0 aromatic rings. The number of aliphatic hydroxyl groups is 4. The van der Waals surface area contributed by atoms with Crippen LogP contribution in [0.4, 0.5) is 0 Å². The Kier molecular flexibility index (Phi) is 4.69. The van der Waals surface area contributed by atoms with E-state index in [4.69, 9.17) is 4.74 Å². The van der Waals surface area contributed by atoms with Gasteiger partial charge in [-0.3, -0.25) is 9.59 Å². The van der Waals surface area contributed by atoms with Crippen LogP contribution >= 0.6 is 0 Å². The van der Waals surface area contributed by atoms with E-state index >= 15 is 0 Å². The van der Waals surface area contributed by atoms with Gasteiger partial charge in [0.2, 0.25) is 0 Å². The molecule has 0 aromatic carbocycles. The smallest absolute Gasteiger partial charge is 0.306 e. The first-order valence-corrected chi connectivity index (χ1v) is 10.8. The molecule has 4 N–H and O–H groups in total. The third kappa shape index (κ3) is 2.40. The van der Waals surface area contributed by atoms with Crippen LogP contribution in [0.3, 0.4) is 0 Å². The predicted molar refractivity (Wildman–Crippen MR) is 107 cm³/mol. The molecule has 0 saturated heterocycles. The number of carbonyl (C=O) groups is 2. The normalized spacial score (nSPS) is 46.1. The number of hydrogen-bond donors (Lipinski definition) is 4. The van der Waals surface area contributed by atoms with E-state index in [1.54, 1.807) is 19.1 Å². The van der Waals surface area contributed by atoms with Gasteiger partial charge in [-0.1, -0.05) is 32.9 Å². The van der Waals surface area contributed by atoms with Gasteiger partial charge < -0.3 is 25.2 Å². The molecule has 166 valence electrons. The quantitative estimate of drug-likeness (QED) is 0.396. The van der Waals surface area contributed by atoms with Gasteiger partial charge in [0.05, 0.1) is 11.0 Å². The summed E-state index contributed by atoms with van der Waals surface area (Å²) in [6.07, 6.45) is 1.36. The number of carbonyl (C=O) groups excluding carboxylic acids is 2. The number of aliphatic hydroxyl groups excluding tert-OH is 2. The van der Waals surface area contributed by atoms with E-state index in [1.807, 2.05) is 20.8 Å². The minimum atomic E-state index is -2.18. The lowest BCUT2D eigenvalue weighted by molar-refractivity contribution is -0.182. The van der Waals surface area contributed by atoms with Gasteiger partial charge in [-0.2, -0.15) is 0 Å². The Morgan fingerprint density at radius 2 is 1.87 bits per heavy atom. The highest BCUT2D eigenvalue weighted by atomic mass is 16.5. The molecule has 4 rings (SSSR count). The number of ether oxygens (including phenoxy) is 1. The zero-order valence-electron chi connectivity index (χ0n) is 18.0. The third-order valence-electron chi connectivity index (χ3n) is 8.38. The Bertz CT molecular complexity index is 858. The van der Waals surface area contributed by atoms with Crippen LogP contribution in [0.1, 0.15) is 53.4 Å². The van der Waals surface area contributed by atoms with Gasteiger partial charge in [0.25, 0.3) is 0 Å². The van der Waals surface area contributed by atoms with Crippen molar-refractivity contribution < 1.29 is 34.8 Å². The maximum atomic E-state index is 13.9. The van der Waals surface area contributed by atoms with E-state index in [9.17, 15) is 30.0 Å². The molecule has 4 aliphatic rings. The molecule has 0 aliphatic heterocycles. The lowest BCUT2D eigenvalue weighted by atomic mass is 9.63. The van der Waals surface area contributed by atoms with Crippen LogP contribution in [0.5, 0.6) is 0 Å². The Labute approximate surface area is 176 Å². The van der Waals surface area contributed by atoms with Gasteiger partial charge >= 0.3 is 5.97 Å². The van der Waals surface area contributed by atoms with Crippen LogP contribution in [0, 0.1) is 22.7 Å². The number of ketones is 1. The van der Waals surface area contributed by atoms with Gasteiger partial charge in [0.15, 0.2) is 5.78 Å². The Morgan fingerprint density at radius 3 is 2.50 bits per heavy atom. The van der Waals surface area contributed by atoms with Crippen LogP contribution in [0.25, 0.3) is 0 Å². The average molecular weight is 421 g/mol. The molecule has 1 unspecified atom stereocenters. The maximum Gasteiger partial charge on any atom is 0.306 e. The molecule has 7 heteroatoms. The topological polar surface area (TPSA) is 124 Å². The largest absolute Gasteiger partial charge is 0.461 e. The van der Waals surface area contributed by atoms with Crippen molar-refractivity contribution in [1.29, 1.82) is 0 Å². The molecule has 7 nitrogen and oxygen atoms in total. The molecule has 1 spiro atoms. The van der Waals surface area contributed by atoms with Gasteiger partial charge in [-0.05, 0) is 37.3 Å². The summed E-state index contributed by atoms with van der Waals surface area (Å²) in [4.78, 5) is 25.8. The summed E-state index contributed by atoms with van der Waals surface area (Å²) in [5.74, 6) is -1.88. The Morgan fingerprint density at radius 1 is 1.20 bits per heavy atom. The van der Waals surface area contributed by atoms with Crippen LogP contribution in [0.15, 0.2) is 23.3 Å². The van der Waals surface area contributed by atoms with Gasteiger partial charge in [0, 0.05) is 23.7 Å². The molecular weight excluding hydrogens is 388 g/mol. The fourth-order valence-corrected chi connectivity index (χ4v) is 6.51. The third-order valence-corrected chi connectivity index (χ3v) is 8.38. The first kappa shape index (κ1) is 21.7. The summed E-state index contributed by atoms with van der Waals surface area (Å²) in [6.45, 7) is 7.01. The summed E-state index contributed by atoms with van der Waals surface area (Å²) in [5, 5.41) is 45.1. The number of rotatable bonds is 4. The number of esters is 1. The second kappa shape index (κ2) is 6.48. The molecule has 0 radical (unpaired) electrons. The van der Waals surface area contributed by atoms with Crippen molar-refractivity contribution in [1.82, 2.24) is 0 Å². The first-order valence-electron chi connectivity index (χ1n) is 10.8. The highest BCUT2D eigenvalue weighted by molar-refractivity contribution is 5.95. The molecule has 4 aliphatic carbocycles. The minimum Gasteiger partial charge on any atom is -0.461 e. The van der Waals surface area contributed by atoms with E-state index < -0.39 is 46.1 Å². The summed E-state index contributed by atoms with van der Waals surface area (Å²) in [7, 11) is 0. The van der Waals surface area contributed by atoms with E-state index in [-0.39, 0.29) is 43.1 Å². The van der Waals surface area contributed by atoms with Crippen LogP contribution < -0.4 is 0 Å². The highest BCUT2D eigenvalue weighted by Crippen LogP contribution is 2.72. The van der Waals surface area contributed by atoms with Gasteiger partial charge in [-0.15, -0.1) is 0 Å². The SMILES string of the molecule is CCCC(=O)OCC1=C[C@@H]2C(=O)[C@]3(C=C(C)[C@H](O)[C@@]3(O)[C@@H]1O)CC[C@]1(O)C2C1(C)C. The zero-order valence-corrected chi connectivity index (χ0v) is 18.0. The standard InChI is InChI=1S/C23H32O7/c1-5-6-15(24)30-11-13-9-14-16-20(3,4)22(16,28)8-7-21(19(14)27)10-12(2)17(25)23(21,29)18(13)26/h9-10,14,16-18,25-26,28-29H,5-8,11H2,1-4H3/t14-,16?,17-,18+,21+,22-,23+/m0/s1. The van der Waals surface area contributed by atoms with E-state index in [2.05, 4.69) is 0 Å². The number of Topliss-reactive ketones (excluding diaryl/α,β-unsaturated/α-hetero) is 1. The maximum absolute atomic E-state index is 13.9. The van der Waals surface area contributed by atoms with Gasteiger partial charge in [0.1, 0.15) is 24.4 Å². The molecule has 0 heterocycles. The zero-order chi connectivity index (χ0) is 22.3. The molecule has 0 aromatic heterocycles. The molecule has 7 atom stereocenters. The summed E-state index contributed by atoms with van der Waals surface area (Å²) in [5.41, 5.74) is -4.66. The fraction of sp³-hybridized carbons (Fsp3) is 0.739. The molecular formula is C23H32O7. The highest BCUT2D eigenvalue weighted by Gasteiger charge is 2.79. The van der Waals surface area contributed by atoms with Crippen molar-refractivity contribution in [3.05, 3.63) is 23.3 Å². The van der Waals surface area contributed by atoms with Crippen LogP contribution in [0.2, 0.25) is 0 Å². The van der Waals surface area contributed by atoms with Crippen LogP contribution in [-0.2, 0) is 14.3 Å². The monoisotopic (exact) mass is 420 g/mol. The van der Waals surface area contributed by atoms with Crippen molar-refractivity contribution in [3.63, 3.8) is 0 Å². The predicted octanol–water partition coefficient (Wildman–Crippen LogP) is 1.04. The van der Waals surface area contributed by atoms with Gasteiger partial charge in [-0.25, -0.2) is 0 Å². The summed E-state index contributed by atoms with van der Waals surface area (Å²) in [6, 6.07) is 0. The second-order valence-electron chi connectivity index (χ2n) is 10.2. The number of allylic oxidation sites excluding steroid dienone is 1. The van der Waals surface area contributed by atoms with Crippen molar-refractivity contribution >= 4 is 11.8 Å².